The van der Waals surface area contributed by atoms with Crippen LogP contribution in [0.25, 0.3) is 0 Å². The first-order valence-electron chi connectivity index (χ1n) is 4.25. The minimum Gasteiger partial charge on any atom is -0.486 e. The van der Waals surface area contributed by atoms with Crippen molar-refractivity contribution in [2.75, 3.05) is 13.2 Å². The molecular formula is C10H11BrO2. The van der Waals surface area contributed by atoms with Crippen molar-refractivity contribution in [3.05, 3.63) is 28.2 Å². The van der Waals surface area contributed by atoms with Crippen LogP contribution in [0.1, 0.15) is 5.56 Å². The summed E-state index contributed by atoms with van der Waals surface area (Å²) in [5, 5.41) is 0. The second kappa shape index (κ2) is 3.68. The zero-order valence-corrected chi connectivity index (χ0v) is 9.00. The number of hydrogen-bond donors (Lipinski definition) is 0. The molecule has 1 aromatic carbocycles. The molecular weight excluding hydrogens is 232 g/mol. The first kappa shape index (κ1) is 9.03. The molecule has 1 aliphatic heterocycles. The van der Waals surface area contributed by atoms with Gasteiger partial charge in [-0.2, -0.15) is 0 Å². The Balaban J connectivity index is 2.10. The molecule has 0 spiro atoms. The topological polar surface area (TPSA) is 18.5 Å². The first-order chi connectivity index (χ1) is 6.24. The molecule has 1 heterocycles. The molecule has 0 aromatic heterocycles. The average molecular weight is 243 g/mol. The highest BCUT2D eigenvalue weighted by atomic mass is 79.9. The Morgan fingerprint density at radius 2 is 2.15 bits per heavy atom. The minimum absolute atomic E-state index is 0.244. The highest BCUT2D eigenvalue weighted by Crippen LogP contribution is 2.23. The fourth-order valence-corrected chi connectivity index (χ4v) is 1.83. The largest absolute Gasteiger partial charge is 0.486 e. The third-order valence-electron chi connectivity index (χ3n) is 1.93. The summed E-state index contributed by atoms with van der Waals surface area (Å²) in [6.07, 6.45) is 0.244. The Morgan fingerprint density at radius 3 is 2.69 bits per heavy atom. The van der Waals surface area contributed by atoms with Crippen molar-refractivity contribution in [3.63, 3.8) is 0 Å². The molecule has 1 fully saturated rings. The van der Waals surface area contributed by atoms with Crippen LogP contribution in [0.5, 0.6) is 5.75 Å². The minimum atomic E-state index is 0.244. The maximum atomic E-state index is 5.66. The van der Waals surface area contributed by atoms with Crippen molar-refractivity contribution in [2.45, 2.75) is 13.0 Å². The van der Waals surface area contributed by atoms with E-state index in [1.165, 1.54) is 5.56 Å². The highest BCUT2D eigenvalue weighted by Gasteiger charge is 2.19. The number of rotatable bonds is 2. The summed E-state index contributed by atoms with van der Waals surface area (Å²) in [5.74, 6) is 0.917. The van der Waals surface area contributed by atoms with Gasteiger partial charge in [0.2, 0.25) is 0 Å². The summed E-state index contributed by atoms with van der Waals surface area (Å²) in [5.41, 5.74) is 1.20. The van der Waals surface area contributed by atoms with Crippen LogP contribution in [0.15, 0.2) is 22.7 Å². The molecule has 1 aromatic rings. The van der Waals surface area contributed by atoms with Crippen LogP contribution < -0.4 is 4.74 Å². The molecule has 0 saturated carbocycles. The summed E-state index contributed by atoms with van der Waals surface area (Å²) < 4.78 is 11.7. The second-order valence-electron chi connectivity index (χ2n) is 3.24. The number of hydrogen-bond acceptors (Lipinski definition) is 2. The normalized spacial score (nSPS) is 16.8. The standard InChI is InChI=1S/C10H11BrO2/c1-7-2-8(11)4-9(3-7)13-10-5-12-6-10/h2-4,10H,5-6H2,1H3. The van der Waals surface area contributed by atoms with E-state index in [0.717, 1.165) is 10.2 Å². The van der Waals surface area contributed by atoms with Crippen LogP contribution >= 0.6 is 15.9 Å². The molecule has 0 N–H and O–H groups in total. The maximum Gasteiger partial charge on any atom is 0.145 e. The quantitative estimate of drug-likeness (QED) is 0.794. The summed E-state index contributed by atoms with van der Waals surface area (Å²) in [6.45, 7) is 3.48. The molecule has 1 saturated heterocycles. The Hall–Kier alpha value is -0.540. The van der Waals surface area contributed by atoms with Gasteiger partial charge in [-0.3, -0.25) is 0 Å². The SMILES string of the molecule is Cc1cc(Br)cc(OC2COC2)c1. The molecule has 0 amide bonds. The molecule has 0 aliphatic carbocycles. The van der Waals surface area contributed by atoms with Crippen molar-refractivity contribution in [2.24, 2.45) is 0 Å². The van der Waals surface area contributed by atoms with Crippen molar-refractivity contribution in [3.8, 4) is 5.75 Å². The lowest BCUT2D eigenvalue weighted by molar-refractivity contribution is -0.0797. The Kier molecular flexibility index (Phi) is 2.56. The Morgan fingerprint density at radius 1 is 1.38 bits per heavy atom. The van der Waals surface area contributed by atoms with Gasteiger partial charge in [0, 0.05) is 4.47 Å². The number of benzene rings is 1. The molecule has 2 nitrogen and oxygen atoms in total. The molecule has 0 atom stereocenters. The van der Waals surface area contributed by atoms with E-state index in [9.17, 15) is 0 Å². The first-order valence-corrected chi connectivity index (χ1v) is 5.05. The third kappa shape index (κ3) is 2.23. The van der Waals surface area contributed by atoms with Crippen LogP contribution in [-0.4, -0.2) is 19.3 Å². The molecule has 1 aliphatic rings. The van der Waals surface area contributed by atoms with Crippen molar-refractivity contribution < 1.29 is 9.47 Å². The van der Waals surface area contributed by atoms with Crippen LogP contribution in [0.4, 0.5) is 0 Å². The van der Waals surface area contributed by atoms with Crippen LogP contribution in [-0.2, 0) is 4.74 Å². The van der Waals surface area contributed by atoms with E-state index < -0.39 is 0 Å². The van der Waals surface area contributed by atoms with E-state index in [1.54, 1.807) is 0 Å². The number of ether oxygens (including phenoxy) is 2. The zero-order chi connectivity index (χ0) is 9.26. The predicted molar refractivity (Wildman–Crippen MR) is 54.1 cm³/mol. The fourth-order valence-electron chi connectivity index (χ4n) is 1.25. The van der Waals surface area contributed by atoms with E-state index in [1.807, 2.05) is 12.1 Å². The molecule has 0 bridgehead atoms. The van der Waals surface area contributed by atoms with Gasteiger partial charge >= 0.3 is 0 Å². The van der Waals surface area contributed by atoms with E-state index >= 15 is 0 Å². The molecule has 2 rings (SSSR count). The molecule has 13 heavy (non-hydrogen) atoms. The highest BCUT2D eigenvalue weighted by molar-refractivity contribution is 9.10. The second-order valence-corrected chi connectivity index (χ2v) is 4.16. The lowest BCUT2D eigenvalue weighted by atomic mass is 10.2. The molecule has 3 heteroatoms. The van der Waals surface area contributed by atoms with Gasteiger partial charge in [0.15, 0.2) is 0 Å². The van der Waals surface area contributed by atoms with Gasteiger partial charge in [0.1, 0.15) is 11.9 Å². The third-order valence-corrected chi connectivity index (χ3v) is 2.38. The molecule has 0 radical (unpaired) electrons. The maximum absolute atomic E-state index is 5.66. The fraction of sp³-hybridized carbons (Fsp3) is 0.400. The van der Waals surface area contributed by atoms with Crippen molar-refractivity contribution in [1.29, 1.82) is 0 Å². The molecule has 70 valence electrons. The summed E-state index contributed by atoms with van der Waals surface area (Å²) >= 11 is 3.43. The number of aryl methyl sites for hydroxylation is 1. The van der Waals surface area contributed by atoms with Gasteiger partial charge in [0.25, 0.3) is 0 Å². The van der Waals surface area contributed by atoms with Gasteiger partial charge < -0.3 is 9.47 Å². The van der Waals surface area contributed by atoms with E-state index in [4.69, 9.17) is 9.47 Å². The van der Waals surface area contributed by atoms with E-state index in [0.29, 0.717) is 13.2 Å². The Bertz CT molecular complexity index is 288. The van der Waals surface area contributed by atoms with E-state index in [2.05, 4.69) is 28.9 Å². The van der Waals surface area contributed by atoms with Crippen LogP contribution in [0, 0.1) is 6.92 Å². The Labute approximate surface area is 86.0 Å². The van der Waals surface area contributed by atoms with Crippen molar-refractivity contribution in [1.82, 2.24) is 0 Å². The zero-order valence-electron chi connectivity index (χ0n) is 7.42. The monoisotopic (exact) mass is 242 g/mol. The van der Waals surface area contributed by atoms with Gasteiger partial charge in [-0.15, -0.1) is 0 Å². The average Bonchev–Trinajstić information content (AvgIpc) is 1.95. The lowest BCUT2D eigenvalue weighted by Crippen LogP contribution is -2.38. The van der Waals surface area contributed by atoms with E-state index in [-0.39, 0.29) is 6.10 Å². The van der Waals surface area contributed by atoms with Crippen LogP contribution in [0.3, 0.4) is 0 Å². The van der Waals surface area contributed by atoms with Crippen LogP contribution in [0.2, 0.25) is 0 Å². The smallest absolute Gasteiger partial charge is 0.145 e. The van der Waals surface area contributed by atoms with Gasteiger partial charge in [-0.1, -0.05) is 15.9 Å². The molecule has 0 unspecified atom stereocenters. The number of halogens is 1. The van der Waals surface area contributed by atoms with Gasteiger partial charge in [-0.25, -0.2) is 0 Å². The summed E-state index contributed by atoms with van der Waals surface area (Å²) in [6, 6.07) is 6.07. The predicted octanol–water partition coefficient (Wildman–Crippen LogP) is 2.54. The summed E-state index contributed by atoms with van der Waals surface area (Å²) in [7, 11) is 0. The lowest BCUT2D eigenvalue weighted by Gasteiger charge is -2.26. The summed E-state index contributed by atoms with van der Waals surface area (Å²) in [4.78, 5) is 0. The van der Waals surface area contributed by atoms with Crippen molar-refractivity contribution >= 4 is 15.9 Å². The van der Waals surface area contributed by atoms with Gasteiger partial charge in [0.05, 0.1) is 13.2 Å². The van der Waals surface area contributed by atoms with Gasteiger partial charge in [-0.05, 0) is 30.7 Å².